The number of benzene rings is 1. The Morgan fingerprint density at radius 2 is 2.23 bits per heavy atom. The Morgan fingerprint density at radius 3 is 3.00 bits per heavy atom. The van der Waals surface area contributed by atoms with Crippen molar-refractivity contribution < 1.29 is 13.3 Å². The van der Waals surface area contributed by atoms with Gasteiger partial charge in [-0.2, -0.15) is 0 Å². The molecule has 0 spiro atoms. The van der Waals surface area contributed by atoms with E-state index < -0.39 is 11.6 Å². The molecule has 22 heavy (non-hydrogen) atoms. The van der Waals surface area contributed by atoms with Gasteiger partial charge in [-0.1, -0.05) is 5.16 Å². The molecular formula is C15H15F2N3OS. The number of likely N-dealkylation sites (tertiary alicyclic amines) is 1. The highest BCUT2D eigenvalue weighted by molar-refractivity contribution is 7.80. The molecule has 1 atom stereocenters. The monoisotopic (exact) mass is 323 g/mol. The van der Waals surface area contributed by atoms with Gasteiger partial charge in [0, 0.05) is 19.7 Å². The van der Waals surface area contributed by atoms with Crippen molar-refractivity contribution in [2.24, 2.45) is 0 Å². The molecule has 3 rings (SSSR count). The number of nitrogens with one attached hydrogen (secondary N) is 1. The third-order valence-corrected chi connectivity index (χ3v) is 4.23. The zero-order valence-corrected chi connectivity index (χ0v) is 12.8. The molecule has 0 unspecified atom stereocenters. The van der Waals surface area contributed by atoms with Crippen LogP contribution in [-0.4, -0.2) is 28.8 Å². The van der Waals surface area contributed by atoms with Crippen molar-refractivity contribution in [1.29, 1.82) is 0 Å². The average Bonchev–Trinajstić information content (AvgIpc) is 3.17. The van der Waals surface area contributed by atoms with Crippen LogP contribution >= 0.6 is 12.2 Å². The summed E-state index contributed by atoms with van der Waals surface area (Å²) in [5.74, 6) is -0.847. The summed E-state index contributed by atoms with van der Waals surface area (Å²) in [7, 11) is 1.77. The van der Waals surface area contributed by atoms with Gasteiger partial charge in [-0.3, -0.25) is 0 Å². The molecule has 0 radical (unpaired) electrons. The first-order chi connectivity index (χ1) is 10.6. The fraction of sp³-hybridized carbons (Fsp3) is 0.333. The maximum Gasteiger partial charge on any atom is 0.170 e. The number of aromatic nitrogens is 1. The Morgan fingerprint density at radius 1 is 1.41 bits per heavy atom. The molecule has 2 aromatic rings. The van der Waals surface area contributed by atoms with Gasteiger partial charge in [-0.15, -0.1) is 0 Å². The summed E-state index contributed by atoms with van der Waals surface area (Å²) in [6, 6.07) is 4.89. The second kappa shape index (κ2) is 6.00. The Bertz CT molecular complexity index is 704. The van der Waals surface area contributed by atoms with Crippen molar-refractivity contribution in [3.05, 3.63) is 41.6 Å². The topological polar surface area (TPSA) is 41.3 Å². The van der Waals surface area contributed by atoms with E-state index in [9.17, 15) is 8.78 Å². The summed E-state index contributed by atoms with van der Waals surface area (Å²) in [6.07, 6.45) is 1.88. The summed E-state index contributed by atoms with van der Waals surface area (Å²) < 4.78 is 32.3. The summed E-state index contributed by atoms with van der Waals surface area (Å²) in [6.45, 7) is 0.834. The predicted octanol–water partition coefficient (Wildman–Crippen LogP) is 3.26. The molecule has 7 heteroatoms. The van der Waals surface area contributed by atoms with E-state index >= 15 is 0 Å². The molecule has 1 N–H and O–H groups in total. The van der Waals surface area contributed by atoms with E-state index in [2.05, 4.69) is 10.5 Å². The highest BCUT2D eigenvalue weighted by atomic mass is 32.1. The van der Waals surface area contributed by atoms with E-state index in [0.717, 1.165) is 37.6 Å². The van der Waals surface area contributed by atoms with E-state index in [4.69, 9.17) is 16.7 Å². The zero-order valence-electron chi connectivity index (χ0n) is 12.0. The molecule has 0 bridgehead atoms. The van der Waals surface area contributed by atoms with Gasteiger partial charge < -0.3 is 14.7 Å². The molecule has 1 fully saturated rings. The van der Waals surface area contributed by atoms with E-state index in [1.54, 1.807) is 13.1 Å². The summed E-state index contributed by atoms with van der Waals surface area (Å²) in [5, 5.41) is 7.61. The lowest BCUT2D eigenvalue weighted by atomic mass is 10.1. The fourth-order valence-corrected chi connectivity index (χ4v) is 2.94. The van der Waals surface area contributed by atoms with Gasteiger partial charge in [0.25, 0.3) is 0 Å². The highest BCUT2D eigenvalue weighted by Gasteiger charge is 2.30. The standard InChI is InChI=1S/C15H15F2N3OS/c1-18-15(22)20-6-2-3-13(20)12-8-14(21-19-12)10-7-9(16)4-5-11(10)17/h4-5,7-8,13H,2-3,6H2,1H3,(H,18,22)/t13-/m1/s1. The fourth-order valence-electron chi connectivity index (χ4n) is 2.72. The first-order valence-corrected chi connectivity index (χ1v) is 7.41. The molecule has 4 nitrogen and oxygen atoms in total. The van der Waals surface area contributed by atoms with E-state index in [1.807, 2.05) is 4.90 Å². The first kappa shape index (κ1) is 14.9. The van der Waals surface area contributed by atoms with E-state index in [-0.39, 0.29) is 17.4 Å². The lowest BCUT2D eigenvalue weighted by Crippen LogP contribution is -2.37. The summed E-state index contributed by atoms with van der Waals surface area (Å²) >= 11 is 5.28. The van der Waals surface area contributed by atoms with Gasteiger partial charge >= 0.3 is 0 Å². The quantitative estimate of drug-likeness (QED) is 0.859. The molecule has 0 saturated carbocycles. The van der Waals surface area contributed by atoms with Crippen LogP contribution in [0.15, 0.2) is 28.8 Å². The van der Waals surface area contributed by atoms with Gasteiger partial charge in [0.15, 0.2) is 10.9 Å². The normalized spacial score (nSPS) is 17.8. The molecule has 116 valence electrons. The van der Waals surface area contributed by atoms with Crippen LogP contribution in [0.4, 0.5) is 8.78 Å². The molecule has 1 aliphatic rings. The molecule has 1 saturated heterocycles. The number of rotatable bonds is 2. The molecule has 1 aromatic heterocycles. The minimum atomic E-state index is -0.543. The van der Waals surface area contributed by atoms with Gasteiger partial charge in [-0.25, -0.2) is 8.78 Å². The predicted molar refractivity (Wildman–Crippen MR) is 82.2 cm³/mol. The molecule has 0 aliphatic carbocycles. The number of thiocarbonyl (C=S) groups is 1. The van der Waals surface area contributed by atoms with Gasteiger partial charge in [-0.05, 0) is 43.3 Å². The second-order valence-corrected chi connectivity index (χ2v) is 5.53. The highest BCUT2D eigenvalue weighted by Crippen LogP contribution is 2.34. The first-order valence-electron chi connectivity index (χ1n) is 7.00. The third-order valence-electron chi connectivity index (χ3n) is 3.79. The second-order valence-electron chi connectivity index (χ2n) is 5.15. The molecule has 2 heterocycles. The maximum absolute atomic E-state index is 13.8. The van der Waals surface area contributed by atoms with Gasteiger partial charge in [0.05, 0.1) is 11.6 Å². The van der Waals surface area contributed by atoms with Crippen LogP contribution in [0.25, 0.3) is 11.3 Å². The van der Waals surface area contributed by atoms with Crippen LogP contribution in [0.2, 0.25) is 0 Å². The molecule has 1 aliphatic heterocycles. The smallest absolute Gasteiger partial charge is 0.170 e. The van der Waals surface area contributed by atoms with E-state index in [0.29, 0.717) is 10.8 Å². The lowest BCUT2D eigenvalue weighted by Gasteiger charge is -2.24. The van der Waals surface area contributed by atoms with Crippen LogP contribution in [0.3, 0.4) is 0 Å². The van der Waals surface area contributed by atoms with Crippen molar-refractivity contribution in [3.8, 4) is 11.3 Å². The minimum Gasteiger partial charge on any atom is -0.366 e. The Balaban J connectivity index is 1.90. The van der Waals surface area contributed by atoms with Crippen molar-refractivity contribution in [2.45, 2.75) is 18.9 Å². The molecule has 0 amide bonds. The Hall–Kier alpha value is -2.02. The summed E-state index contributed by atoms with van der Waals surface area (Å²) in [4.78, 5) is 2.03. The molecule has 1 aromatic carbocycles. The number of hydrogen-bond donors (Lipinski definition) is 1. The number of halogens is 2. The minimum absolute atomic E-state index is 0.00549. The number of hydrogen-bond acceptors (Lipinski definition) is 3. The zero-order chi connectivity index (χ0) is 15.7. The number of nitrogens with zero attached hydrogens (tertiary/aromatic N) is 2. The van der Waals surface area contributed by atoms with Crippen LogP contribution in [0.5, 0.6) is 0 Å². The van der Waals surface area contributed by atoms with Crippen LogP contribution < -0.4 is 5.32 Å². The van der Waals surface area contributed by atoms with Gasteiger partial charge in [0.2, 0.25) is 0 Å². The Labute approximate surface area is 132 Å². The van der Waals surface area contributed by atoms with Crippen LogP contribution in [0, 0.1) is 11.6 Å². The van der Waals surface area contributed by atoms with Crippen molar-refractivity contribution in [3.63, 3.8) is 0 Å². The van der Waals surface area contributed by atoms with Gasteiger partial charge in [0.1, 0.15) is 17.3 Å². The largest absolute Gasteiger partial charge is 0.366 e. The van der Waals surface area contributed by atoms with E-state index in [1.165, 1.54) is 0 Å². The van der Waals surface area contributed by atoms with Crippen molar-refractivity contribution in [1.82, 2.24) is 15.4 Å². The maximum atomic E-state index is 13.8. The lowest BCUT2D eigenvalue weighted by molar-refractivity contribution is 0.356. The Kier molecular flexibility index (Phi) is 4.06. The molecular weight excluding hydrogens is 308 g/mol. The third kappa shape index (κ3) is 2.68. The summed E-state index contributed by atoms with van der Waals surface area (Å²) in [5.41, 5.74) is 0.744. The van der Waals surface area contributed by atoms with Crippen LogP contribution in [-0.2, 0) is 0 Å². The SMILES string of the molecule is CNC(=S)N1CCC[C@@H]1c1cc(-c2cc(F)ccc2F)on1. The van der Waals surface area contributed by atoms with Crippen LogP contribution in [0.1, 0.15) is 24.6 Å². The van der Waals surface area contributed by atoms with Crippen molar-refractivity contribution >= 4 is 17.3 Å². The average molecular weight is 323 g/mol. The van der Waals surface area contributed by atoms with Crippen molar-refractivity contribution in [2.75, 3.05) is 13.6 Å².